The summed E-state index contributed by atoms with van der Waals surface area (Å²) < 4.78 is 25.2. The van der Waals surface area contributed by atoms with E-state index in [1.54, 1.807) is 41.3 Å². The van der Waals surface area contributed by atoms with Crippen molar-refractivity contribution < 1.29 is 13.2 Å². The number of carbonyl (C=O) groups is 1. The molecule has 0 unspecified atom stereocenters. The minimum absolute atomic E-state index is 0.129. The van der Waals surface area contributed by atoms with Crippen LogP contribution in [0.2, 0.25) is 0 Å². The molecule has 0 aliphatic carbocycles. The lowest BCUT2D eigenvalue weighted by Gasteiger charge is -2.20. The molecule has 1 fully saturated rings. The first-order valence-electron chi connectivity index (χ1n) is 7.11. The Bertz CT molecular complexity index is 655. The van der Waals surface area contributed by atoms with Crippen molar-refractivity contribution in [1.82, 2.24) is 4.90 Å². The quantitative estimate of drug-likeness (QED) is 0.754. The third kappa shape index (κ3) is 3.39. The van der Waals surface area contributed by atoms with Crippen LogP contribution >= 0.6 is 0 Å². The summed E-state index contributed by atoms with van der Waals surface area (Å²) in [5.74, 6) is 0.0516. The van der Waals surface area contributed by atoms with Crippen LogP contribution in [0.15, 0.2) is 49.6 Å². The maximum Gasteiger partial charge on any atom is 0.254 e. The summed E-state index contributed by atoms with van der Waals surface area (Å²) in [7, 11) is -3.20. The van der Waals surface area contributed by atoms with Gasteiger partial charge in [0.1, 0.15) is 0 Å². The molecule has 118 valence electrons. The molecule has 0 radical (unpaired) electrons. The molecular weight excluding hydrogens is 300 g/mol. The molecule has 1 amide bonds. The molecule has 1 saturated heterocycles. The van der Waals surface area contributed by atoms with Gasteiger partial charge in [-0.15, -0.1) is 13.2 Å². The molecule has 2 rings (SSSR count). The zero-order valence-corrected chi connectivity index (χ0v) is 13.3. The number of carbonyl (C=O) groups excluding carboxylic acids is 1. The van der Waals surface area contributed by atoms with Crippen molar-refractivity contribution in [3.8, 4) is 0 Å². The Labute approximate surface area is 131 Å². The lowest BCUT2D eigenvalue weighted by Crippen LogP contribution is -2.31. The van der Waals surface area contributed by atoms with Crippen molar-refractivity contribution in [3.05, 3.63) is 55.1 Å². The third-order valence-corrected chi connectivity index (χ3v) is 5.36. The molecule has 0 bridgehead atoms. The van der Waals surface area contributed by atoms with E-state index in [9.17, 15) is 13.2 Å². The fourth-order valence-electron chi connectivity index (χ4n) is 2.43. The van der Waals surface area contributed by atoms with Gasteiger partial charge in [-0.05, 0) is 30.7 Å². The molecule has 1 aliphatic heterocycles. The van der Waals surface area contributed by atoms with Gasteiger partial charge in [-0.1, -0.05) is 12.2 Å². The van der Waals surface area contributed by atoms with Crippen LogP contribution in [0, 0.1) is 0 Å². The standard InChI is InChI=1S/C16H20N2O3S/c1-3-10-17(11-4-2)16(19)14-6-8-15(9-7-14)18-12-5-13-22(18,20)21/h3-4,6-9H,1-2,5,10-13H2. The average Bonchev–Trinajstić information content (AvgIpc) is 2.86. The molecule has 0 spiro atoms. The van der Waals surface area contributed by atoms with Gasteiger partial charge in [0.25, 0.3) is 5.91 Å². The van der Waals surface area contributed by atoms with Crippen molar-refractivity contribution in [2.45, 2.75) is 6.42 Å². The molecular formula is C16H20N2O3S. The molecule has 0 atom stereocenters. The zero-order chi connectivity index (χ0) is 16.2. The molecule has 1 heterocycles. The average molecular weight is 320 g/mol. The number of hydrogen-bond donors (Lipinski definition) is 0. The summed E-state index contributed by atoms with van der Waals surface area (Å²) >= 11 is 0. The second kappa shape index (κ2) is 6.79. The van der Waals surface area contributed by atoms with E-state index in [0.717, 1.165) is 0 Å². The predicted octanol–water partition coefficient (Wildman–Crippen LogP) is 2.04. The van der Waals surface area contributed by atoms with Crippen LogP contribution in [-0.2, 0) is 10.0 Å². The maximum atomic E-state index is 12.4. The second-order valence-electron chi connectivity index (χ2n) is 5.08. The fraction of sp³-hybridized carbons (Fsp3) is 0.312. The minimum Gasteiger partial charge on any atom is -0.331 e. The van der Waals surface area contributed by atoms with Crippen molar-refractivity contribution in [1.29, 1.82) is 0 Å². The van der Waals surface area contributed by atoms with E-state index in [0.29, 0.717) is 37.3 Å². The van der Waals surface area contributed by atoms with Gasteiger partial charge in [-0.3, -0.25) is 9.10 Å². The Morgan fingerprint density at radius 1 is 1.18 bits per heavy atom. The topological polar surface area (TPSA) is 57.7 Å². The van der Waals surface area contributed by atoms with Crippen LogP contribution in [0.25, 0.3) is 0 Å². The van der Waals surface area contributed by atoms with Crippen LogP contribution in [-0.4, -0.2) is 44.6 Å². The van der Waals surface area contributed by atoms with E-state index in [2.05, 4.69) is 13.2 Å². The molecule has 1 aromatic rings. The maximum absolute atomic E-state index is 12.4. The number of hydrogen-bond acceptors (Lipinski definition) is 3. The lowest BCUT2D eigenvalue weighted by molar-refractivity contribution is 0.0791. The molecule has 22 heavy (non-hydrogen) atoms. The van der Waals surface area contributed by atoms with E-state index in [4.69, 9.17) is 0 Å². The van der Waals surface area contributed by atoms with Gasteiger partial charge in [0, 0.05) is 25.2 Å². The highest BCUT2D eigenvalue weighted by Gasteiger charge is 2.28. The van der Waals surface area contributed by atoms with Gasteiger partial charge in [0.15, 0.2) is 0 Å². The molecule has 1 aliphatic rings. The molecule has 0 aromatic heterocycles. The predicted molar refractivity (Wildman–Crippen MR) is 88.5 cm³/mol. The Morgan fingerprint density at radius 3 is 2.23 bits per heavy atom. The highest BCUT2D eigenvalue weighted by Crippen LogP contribution is 2.24. The monoisotopic (exact) mass is 320 g/mol. The summed E-state index contributed by atoms with van der Waals surface area (Å²) in [6, 6.07) is 6.67. The van der Waals surface area contributed by atoms with Gasteiger partial charge in [0.2, 0.25) is 10.0 Å². The number of sulfonamides is 1. The number of benzene rings is 1. The Balaban J connectivity index is 2.19. The number of anilines is 1. The Kier molecular flexibility index (Phi) is 5.03. The van der Waals surface area contributed by atoms with Crippen LogP contribution < -0.4 is 4.31 Å². The Hall–Kier alpha value is -2.08. The molecule has 1 aromatic carbocycles. The van der Waals surface area contributed by atoms with E-state index in [-0.39, 0.29) is 11.7 Å². The first-order valence-corrected chi connectivity index (χ1v) is 8.72. The smallest absolute Gasteiger partial charge is 0.254 e. The van der Waals surface area contributed by atoms with Crippen LogP contribution in [0.1, 0.15) is 16.8 Å². The van der Waals surface area contributed by atoms with Crippen molar-refractivity contribution in [2.24, 2.45) is 0 Å². The second-order valence-corrected chi connectivity index (χ2v) is 7.09. The molecule has 0 N–H and O–H groups in total. The van der Waals surface area contributed by atoms with Crippen LogP contribution in [0.4, 0.5) is 5.69 Å². The first kappa shape index (κ1) is 16.3. The molecule has 5 nitrogen and oxygen atoms in total. The van der Waals surface area contributed by atoms with Gasteiger partial charge < -0.3 is 4.90 Å². The van der Waals surface area contributed by atoms with Gasteiger partial charge in [0.05, 0.1) is 11.4 Å². The summed E-state index contributed by atoms with van der Waals surface area (Å²) in [4.78, 5) is 14.0. The normalized spacial score (nSPS) is 16.3. The highest BCUT2D eigenvalue weighted by atomic mass is 32.2. The van der Waals surface area contributed by atoms with E-state index in [1.165, 1.54) is 4.31 Å². The van der Waals surface area contributed by atoms with Gasteiger partial charge >= 0.3 is 0 Å². The van der Waals surface area contributed by atoms with Gasteiger partial charge in [-0.2, -0.15) is 0 Å². The summed E-state index contributed by atoms with van der Waals surface area (Å²) in [6.07, 6.45) is 3.95. The van der Waals surface area contributed by atoms with E-state index < -0.39 is 10.0 Å². The van der Waals surface area contributed by atoms with Crippen molar-refractivity contribution >= 4 is 21.6 Å². The molecule has 0 saturated carbocycles. The molecule has 6 heteroatoms. The largest absolute Gasteiger partial charge is 0.331 e. The van der Waals surface area contributed by atoms with Crippen LogP contribution in [0.5, 0.6) is 0 Å². The minimum atomic E-state index is -3.20. The summed E-state index contributed by atoms with van der Waals surface area (Å²) in [5.41, 5.74) is 1.12. The van der Waals surface area contributed by atoms with Gasteiger partial charge in [-0.25, -0.2) is 8.42 Å². The van der Waals surface area contributed by atoms with Crippen LogP contribution in [0.3, 0.4) is 0 Å². The van der Waals surface area contributed by atoms with E-state index in [1.807, 2.05) is 0 Å². The van der Waals surface area contributed by atoms with Crippen molar-refractivity contribution in [2.75, 3.05) is 29.7 Å². The van der Waals surface area contributed by atoms with Crippen molar-refractivity contribution in [3.63, 3.8) is 0 Å². The summed E-state index contributed by atoms with van der Waals surface area (Å²) in [5, 5.41) is 0. The first-order chi connectivity index (χ1) is 10.5. The van der Waals surface area contributed by atoms with E-state index >= 15 is 0 Å². The Morgan fingerprint density at radius 2 is 1.77 bits per heavy atom. The number of nitrogens with zero attached hydrogens (tertiary/aromatic N) is 2. The zero-order valence-electron chi connectivity index (χ0n) is 12.4. The number of rotatable bonds is 6. The number of amides is 1. The lowest BCUT2D eigenvalue weighted by atomic mass is 10.1. The SMILES string of the molecule is C=CCN(CC=C)C(=O)c1ccc(N2CCCS2(=O)=O)cc1. The summed E-state index contributed by atoms with van der Waals surface area (Å²) in [6.45, 7) is 8.65. The fourth-order valence-corrected chi connectivity index (χ4v) is 4.00. The highest BCUT2D eigenvalue weighted by molar-refractivity contribution is 7.93. The third-order valence-electron chi connectivity index (χ3n) is 3.49.